The number of aromatic amines is 2. The van der Waals surface area contributed by atoms with Crippen LogP contribution in [0.4, 0.5) is 0 Å². The molecule has 0 atom stereocenters. The molecule has 2 aromatic heterocycles. The average Bonchev–Trinajstić information content (AvgIpc) is 3.24. The summed E-state index contributed by atoms with van der Waals surface area (Å²) in [5, 5.41) is 2.74. The number of aromatic nitrogens is 3. The predicted molar refractivity (Wildman–Crippen MR) is 105 cm³/mol. The fraction of sp³-hybridized carbons (Fsp3) is 0.200. The Morgan fingerprint density at radius 1 is 1.14 bits per heavy atom. The van der Waals surface area contributed by atoms with Crippen LogP contribution >= 0.6 is 0 Å². The van der Waals surface area contributed by atoms with E-state index in [0.29, 0.717) is 29.8 Å². The van der Waals surface area contributed by atoms with Crippen molar-refractivity contribution in [2.75, 3.05) is 20.1 Å². The van der Waals surface area contributed by atoms with Gasteiger partial charge in [0.1, 0.15) is 0 Å². The van der Waals surface area contributed by atoms with Crippen LogP contribution in [-0.2, 0) is 0 Å². The smallest absolute Gasteiger partial charge is 0.253 e. The van der Waals surface area contributed by atoms with Gasteiger partial charge in [-0.15, -0.1) is 0 Å². The van der Waals surface area contributed by atoms with Gasteiger partial charge in [-0.3, -0.25) is 14.4 Å². The van der Waals surface area contributed by atoms with Crippen molar-refractivity contribution < 1.29 is 9.59 Å². The second kappa shape index (κ2) is 8.34. The van der Waals surface area contributed by atoms with Gasteiger partial charge in [-0.05, 0) is 30.7 Å². The maximum Gasteiger partial charge on any atom is 0.253 e. The quantitative estimate of drug-likeness (QED) is 0.604. The first-order valence-electron chi connectivity index (χ1n) is 8.77. The lowest BCUT2D eigenvalue weighted by Crippen LogP contribution is -2.36. The van der Waals surface area contributed by atoms with E-state index in [1.807, 2.05) is 12.1 Å². The standard InChI is InChI=1S/C20H21N5O3/c1-13-9-16(10-23-18(13)26)19(27)22-7-8-25(2)20(28)15-5-3-14(4-6-15)17-11-21-12-24-17/h3-6,9-12H,7-8H2,1-2H3,(H,21,24)(H,22,27)(H,23,26). The number of amides is 2. The van der Waals surface area contributed by atoms with Gasteiger partial charge >= 0.3 is 0 Å². The van der Waals surface area contributed by atoms with Gasteiger partial charge in [0.05, 0.1) is 23.8 Å². The molecule has 2 amide bonds. The summed E-state index contributed by atoms with van der Waals surface area (Å²) in [5.41, 5.74) is 3.01. The molecule has 0 saturated heterocycles. The molecule has 3 N–H and O–H groups in total. The Bertz CT molecular complexity index is 1020. The van der Waals surface area contributed by atoms with Crippen LogP contribution in [0, 0.1) is 6.92 Å². The second-order valence-corrected chi connectivity index (χ2v) is 6.43. The third kappa shape index (κ3) is 4.35. The summed E-state index contributed by atoms with van der Waals surface area (Å²) in [4.78, 5) is 47.1. The number of nitrogens with zero attached hydrogens (tertiary/aromatic N) is 2. The molecule has 144 valence electrons. The number of rotatable bonds is 6. The molecule has 0 spiro atoms. The molecule has 8 nitrogen and oxygen atoms in total. The van der Waals surface area contributed by atoms with E-state index in [2.05, 4.69) is 20.3 Å². The highest BCUT2D eigenvalue weighted by atomic mass is 16.2. The number of pyridine rings is 1. The molecule has 0 radical (unpaired) electrons. The minimum Gasteiger partial charge on any atom is -0.350 e. The van der Waals surface area contributed by atoms with Crippen LogP contribution in [0.15, 0.2) is 53.8 Å². The maximum atomic E-state index is 12.5. The Morgan fingerprint density at radius 2 is 1.89 bits per heavy atom. The first-order chi connectivity index (χ1) is 13.5. The Morgan fingerprint density at radius 3 is 2.54 bits per heavy atom. The molecule has 0 fully saturated rings. The molecule has 0 saturated carbocycles. The van der Waals surface area contributed by atoms with Gasteiger partial charge in [0, 0.05) is 37.5 Å². The monoisotopic (exact) mass is 379 g/mol. The minimum atomic E-state index is -0.302. The van der Waals surface area contributed by atoms with Gasteiger partial charge in [0.2, 0.25) is 0 Å². The van der Waals surface area contributed by atoms with Crippen molar-refractivity contribution in [1.82, 2.24) is 25.2 Å². The van der Waals surface area contributed by atoms with Gasteiger partial charge < -0.3 is 20.2 Å². The molecule has 3 aromatic rings. The number of aryl methyl sites for hydroxylation is 1. The summed E-state index contributed by atoms with van der Waals surface area (Å²) in [5.74, 6) is -0.436. The fourth-order valence-corrected chi connectivity index (χ4v) is 2.70. The second-order valence-electron chi connectivity index (χ2n) is 6.43. The number of imidazole rings is 1. The molecule has 1 aromatic carbocycles. The summed E-state index contributed by atoms with van der Waals surface area (Å²) >= 11 is 0. The largest absolute Gasteiger partial charge is 0.350 e. The van der Waals surface area contributed by atoms with E-state index in [-0.39, 0.29) is 17.4 Å². The van der Waals surface area contributed by atoms with E-state index in [1.165, 1.54) is 12.3 Å². The van der Waals surface area contributed by atoms with Crippen LogP contribution in [0.3, 0.4) is 0 Å². The maximum absolute atomic E-state index is 12.5. The molecular formula is C20H21N5O3. The third-order valence-electron chi connectivity index (χ3n) is 4.37. The van der Waals surface area contributed by atoms with Crippen LogP contribution in [-0.4, -0.2) is 51.8 Å². The topological polar surface area (TPSA) is 111 Å². The van der Waals surface area contributed by atoms with Crippen LogP contribution in [0.5, 0.6) is 0 Å². The Balaban J connectivity index is 1.53. The molecule has 0 bridgehead atoms. The Kier molecular flexibility index (Phi) is 5.69. The molecule has 28 heavy (non-hydrogen) atoms. The lowest BCUT2D eigenvalue weighted by atomic mass is 10.1. The van der Waals surface area contributed by atoms with Crippen molar-refractivity contribution in [2.24, 2.45) is 0 Å². The Labute approximate surface area is 161 Å². The summed E-state index contributed by atoms with van der Waals surface area (Å²) in [6.07, 6.45) is 4.70. The van der Waals surface area contributed by atoms with Crippen LogP contribution < -0.4 is 10.9 Å². The van der Waals surface area contributed by atoms with Crippen LogP contribution in [0.25, 0.3) is 11.3 Å². The molecule has 8 heteroatoms. The summed E-state index contributed by atoms with van der Waals surface area (Å²) < 4.78 is 0. The highest BCUT2D eigenvalue weighted by molar-refractivity contribution is 5.95. The molecular weight excluding hydrogens is 358 g/mol. The average molecular weight is 379 g/mol. The number of nitrogens with one attached hydrogen (secondary N) is 3. The normalized spacial score (nSPS) is 10.5. The van der Waals surface area contributed by atoms with E-state index in [1.54, 1.807) is 43.5 Å². The molecule has 0 aliphatic rings. The summed E-state index contributed by atoms with van der Waals surface area (Å²) in [7, 11) is 1.68. The number of carbonyl (C=O) groups excluding carboxylic acids is 2. The molecule has 0 aliphatic carbocycles. The lowest BCUT2D eigenvalue weighted by molar-refractivity contribution is 0.0787. The van der Waals surface area contributed by atoms with Crippen LogP contribution in [0.1, 0.15) is 26.3 Å². The number of carbonyl (C=O) groups is 2. The zero-order valence-corrected chi connectivity index (χ0v) is 15.7. The molecule has 0 unspecified atom stereocenters. The first kappa shape index (κ1) is 19.1. The number of benzene rings is 1. The number of likely N-dealkylation sites (N-methyl/N-ethyl adjacent to an activating group) is 1. The van der Waals surface area contributed by atoms with Crippen molar-refractivity contribution >= 4 is 11.8 Å². The van der Waals surface area contributed by atoms with Gasteiger partial charge in [0.25, 0.3) is 17.4 Å². The zero-order chi connectivity index (χ0) is 20.1. The van der Waals surface area contributed by atoms with Crippen molar-refractivity contribution in [3.8, 4) is 11.3 Å². The molecule has 3 rings (SSSR count). The zero-order valence-electron chi connectivity index (χ0n) is 15.7. The molecule has 2 heterocycles. The van der Waals surface area contributed by atoms with Gasteiger partial charge in [-0.25, -0.2) is 4.98 Å². The van der Waals surface area contributed by atoms with Crippen LogP contribution in [0.2, 0.25) is 0 Å². The predicted octanol–water partition coefficient (Wildman–Crippen LogP) is 1.58. The fourth-order valence-electron chi connectivity index (χ4n) is 2.70. The minimum absolute atomic E-state index is 0.134. The first-order valence-corrected chi connectivity index (χ1v) is 8.77. The van der Waals surface area contributed by atoms with E-state index in [9.17, 15) is 14.4 Å². The van der Waals surface area contributed by atoms with Gasteiger partial charge in [-0.2, -0.15) is 0 Å². The number of hydrogen-bond acceptors (Lipinski definition) is 4. The SMILES string of the molecule is Cc1cc(C(=O)NCCN(C)C(=O)c2ccc(-c3cnc[nH]3)cc2)c[nH]c1=O. The lowest BCUT2D eigenvalue weighted by Gasteiger charge is -2.17. The van der Waals surface area contributed by atoms with Crippen molar-refractivity contribution in [3.05, 3.63) is 76.1 Å². The van der Waals surface area contributed by atoms with E-state index in [0.717, 1.165) is 11.3 Å². The third-order valence-corrected chi connectivity index (χ3v) is 4.37. The number of hydrogen-bond donors (Lipinski definition) is 3. The number of H-pyrrole nitrogens is 2. The molecule has 0 aliphatic heterocycles. The summed E-state index contributed by atoms with van der Waals surface area (Å²) in [6.45, 7) is 2.29. The highest BCUT2D eigenvalue weighted by Crippen LogP contribution is 2.17. The van der Waals surface area contributed by atoms with Crippen molar-refractivity contribution in [3.63, 3.8) is 0 Å². The van der Waals surface area contributed by atoms with Gasteiger partial charge in [0.15, 0.2) is 0 Å². The van der Waals surface area contributed by atoms with E-state index >= 15 is 0 Å². The van der Waals surface area contributed by atoms with Gasteiger partial charge in [-0.1, -0.05) is 12.1 Å². The highest BCUT2D eigenvalue weighted by Gasteiger charge is 2.13. The van der Waals surface area contributed by atoms with Crippen molar-refractivity contribution in [1.29, 1.82) is 0 Å². The summed E-state index contributed by atoms with van der Waals surface area (Å²) in [6, 6.07) is 8.77. The van der Waals surface area contributed by atoms with E-state index < -0.39 is 0 Å². The van der Waals surface area contributed by atoms with E-state index in [4.69, 9.17) is 0 Å². The Hall–Kier alpha value is -3.68. The van der Waals surface area contributed by atoms with Crippen molar-refractivity contribution in [2.45, 2.75) is 6.92 Å².